The smallest absolute Gasteiger partial charge is 0.290 e. The highest BCUT2D eigenvalue weighted by Gasteiger charge is 2.30. The first-order valence-corrected chi connectivity index (χ1v) is 5.85. The van der Waals surface area contributed by atoms with Crippen molar-refractivity contribution in [2.45, 2.75) is 13.8 Å². The summed E-state index contributed by atoms with van der Waals surface area (Å²) in [4.78, 5) is 31.5. The second-order valence-corrected chi connectivity index (χ2v) is 4.40. The summed E-state index contributed by atoms with van der Waals surface area (Å²) in [6.45, 7) is 2.82. The van der Waals surface area contributed by atoms with Gasteiger partial charge in [-0.05, 0) is 31.5 Å². The first-order chi connectivity index (χ1) is 9.86. The number of aldehydes is 1. The largest absolute Gasteiger partial charge is 0.453 e. The zero-order valence-corrected chi connectivity index (χ0v) is 11.2. The molecule has 1 heterocycles. The molecule has 0 aliphatic heterocycles. The van der Waals surface area contributed by atoms with Crippen molar-refractivity contribution in [2.24, 2.45) is 0 Å². The Morgan fingerprint density at radius 1 is 1.14 bits per heavy atom. The number of aryl methyl sites for hydroxylation is 1. The van der Waals surface area contributed by atoms with E-state index in [1.54, 1.807) is 0 Å². The van der Waals surface area contributed by atoms with Crippen molar-refractivity contribution in [1.29, 1.82) is 0 Å². The predicted octanol–water partition coefficient (Wildman–Crippen LogP) is 3.19. The molecule has 0 amide bonds. The van der Waals surface area contributed by atoms with E-state index >= 15 is 0 Å². The molecule has 0 aliphatic rings. The number of nitro groups is 2. The van der Waals surface area contributed by atoms with E-state index in [1.165, 1.54) is 32.0 Å². The summed E-state index contributed by atoms with van der Waals surface area (Å²) in [5.41, 5.74) is -0.324. The lowest BCUT2D eigenvalue weighted by atomic mass is 9.99. The maximum absolute atomic E-state index is 11.3. The van der Waals surface area contributed by atoms with Gasteiger partial charge < -0.3 is 4.42 Å². The van der Waals surface area contributed by atoms with Gasteiger partial charge in [-0.2, -0.15) is 0 Å². The number of nitro benzene ring substituents is 2. The van der Waals surface area contributed by atoms with E-state index in [-0.39, 0.29) is 28.3 Å². The minimum absolute atomic E-state index is 0.0229. The van der Waals surface area contributed by atoms with Crippen LogP contribution in [-0.4, -0.2) is 16.1 Å². The molecule has 0 bridgehead atoms. The van der Waals surface area contributed by atoms with Crippen LogP contribution in [0.15, 0.2) is 22.6 Å². The van der Waals surface area contributed by atoms with Gasteiger partial charge in [-0.15, -0.1) is 0 Å². The van der Waals surface area contributed by atoms with E-state index in [1.807, 2.05) is 0 Å². The Bertz CT molecular complexity index is 762. The number of furan rings is 1. The molecular weight excluding hydrogens is 280 g/mol. The Morgan fingerprint density at radius 3 is 2.29 bits per heavy atom. The molecule has 0 unspecified atom stereocenters. The standard InChI is InChI=1S/C13H10N2O6/c1-7-5-10(14(17)18)8(2)13(15(19)20)12(7)11-4-3-9(6-16)21-11/h3-6H,1-2H3. The van der Waals surface area contributed by atoms with Crippen LogP contribution in [-0.2, 0) is 0 Å². The average Bonchev–Trinajstić information content (AvgIpc) is 2.88. The van der Waals surface area contributed by atoms with Crippen molar-refractivity contribution in [3.05, 3.63) is 55.3 Å². The number of rotatable bonds is 4. The Kier molecular flexibility index (Phi) is 3.53. The van der Waals surface area contributed by atoms with Crippen LogP contribution < -0.4 is 0 Å². The molecule has 1 aromatic heterocycles. The fourth-order valence-electron chi connectivity index (χ4n) is 2.16. The number of nitrogens with zero attached hydrogens (tertiary/aromatic N) is 2. The Hall–Kier alpha value is -3.03. The van der Waals surface area contributed by atoms with Crippen LogP contribution in [0.1, 0.15) is 21.7 Å². The first kappa shape index (κ1) is 14.4. The van der Waals surface area contributed by atoms with E-state index in [0.717, 1.165) is 0 Å². The van der Waals surface area contributed by atoms with Crippen molar-refractivity contribution in [3.63, 3.8) is 0 Å². The van der Waals surface area contributed by atoms with E-state index in [2.05, 4.69) is 0 Å². The second-order valence-electron chi connectivity index (χ2n) is 4.40. The molecule has 108 valence electrons. The maximum Gasteiger partial charge on any atom is 0.290 e. The summed E-state index contributed by atoms with van der Waals surface area (Å²) in [6.07, 6.45) is 0.475. The number of carbonyl (C=O) groups excluding carboxylic acids is 1. The third-order valence-corrected chi connectivity index (χ3v) is 3.09. The molecule has 8 heteroatoms. The molecule has 21 heavy (non-hydrogen) atoms. The van der Waals surface area contributed by atoms with Gasteiger partial charge in [0.1, 0.15) is 11.3 Å². The number of hydrogen-bond donors (Lipinski definition) is 0. The molecule has 0 atom stereocenters. The summed E-state index contributed by atoms with van der Waals surface area (Å²) in [7, 11) is 0. The Balaban J connectivity index is 2.82. The van der Waals surface area contributed by atoms with Crippen molar-refractivity contribution in [2.75, 3.05) is 0 Å². The molecule has 0 spiro atoms. The van der Waals surface area contributed by atoms with Gasteiger partial charge in [-0.1, -0.05) is 0 Å². The third kappa shape index (κ3) is 2.38. The summed E-state index contributed by atoms with van der Waals surface area (Å²) in [5, 5.41) is 22.3. The lowest BCUT2D eigenvalue weighted by molar-refractivity contribution is -0.394. The van der Waals surface area contributed by atoms with Gasteiger partial charge in [0.25, 0.3) is 11.4 Å². The zero-order chi connectivity index (χ0) is 15.7. The van der Waals surface area contributed by atoms with Crippen molar-refractivity contribution in [3.8, 4) is 11.3 Å². The highest BCUT2D eigenvalue weighted by molar-refractivity contribution is 5.80. The summed E-state index contributed by atoms with van der Waals surface area (Å²) >= 11 is 0. The molecule has 8 nitrogen and oxygen atoms in total. The van der Waals surface area contributed by atoms with Crippen molar-refractivity contribution < 1.29 is 19.1 Å². The topological polar surface area (TPSA) is 116 Å². The normalized spacial score (nSPS) is 10.4. The van der Waals surface area contributed by atoms with Gasteiger partial charge in [0.15, 0.2) is 12.0 Å². The lowest BCUT2D eigenvalue weighted by Crippen LogP contribution is -2.01. The van der Waals surface area contributed by atoms with Gasteiger partial charge in [0.2, 0.25) is 0 Å². The number of benzene rings is 1. The predicted molar refractivity (Wildman–Crippen MR) is 72.3 cm³/mol. The highest BCUT2D eigenvalue weighted by Crippen LogP contribution is 2.40. The number of hydrogen-bond acceptors (Lipinski definition) is 6. The second kappa shape index (κ2) is 5.16. The monoisotopic (exact) mass is 290 g/mol. The van der Waals surface area contributed by atoms with Gasteiger partial charge >= 0.3 is 0 Å². The van der Waals surface area contributed by atoms with Crippen LogP contribution >= 0.6 is 0 Å². The zero-order valence-electron chi connectivity index (χ0n) is 11.2. The summed E-state index contributed by atoms with van der Waals surface area (Å²) < 4.78 is 5.20. The SMILES string of the molecule is Cc1cc([N+](=O)[O-])c(C)c([N+](=O)[O-])c1-c1ccc(C=O)o1. The van der Waals surface area contributed by atoms with E-state index < -0.39 is 15.5 Å². The maximum atomic E-state index is 11.3. The van der Waals surface area contributed by atoms with Crippen LogP contribution in [0.25, 0.3) is 11.3 Å². The molecule has 0 fully saturated rings. The number of carbonyl (C=O) groups is 1. The van der Waals surface area contributed by atoms with Crippen molar-refractivity contribution >= 4 is 17.7 Å². The van der Waals surface area contributed by atoms with Gasteiger partial charge in [-0.3, -0.25) is 25.0 Å². The first-order valence-electron chi connectivity index (χ1n) is 5.85. The molecule has 0 saturated heterocycles. The Labute approximate surface area is 118 Å². The molecule has 0 saturated carbocycles. The van der Waals surface area contributed by atoms with Crippen LogP contribution in [0.5, 0.6) is 0 Å². The van der Waals surface area contributed by atoms with Crippen LogP contribution in [0.4, 0.5) is 11.4 Å². The highest BCUT2D eigenvalue weighted by atomic mass is 16.6. The van der Waals surface area contributed by atoms with Crippen molar-refractivity contribution in [1.82, 2.24) is 0 Å². The summed E-state index contributed by atoms with van der Waals surface area (Å²) in [5.74, 6) is 0.147. The molecular formula is C13H10N2O6. The Morgan fingerprint density at radius 2 is 1.81 bits per heavy atom. The van der Waals surface area contributed by atoms with Gasteiger partial charge in [0, 0.05) is 6.07 Å². The van der Waals surface area contributed by atoms with E-state index in [9.17, 15) is 25.0 Å². The molecule has 2 rings (SSSR count). The fraction of sp³-hybridized carbons (Fsp3) is 0.154. The summed E-state index contributed by atoms with van der Waals surface area (Å²) in [6, 6.07) is 4.05. The molecule has 0 N–H and O–H groups in total. The molecule has 1 aromatic carbocycles. The molecule has 2 aromatic rings. The van der Waals surface area contributed by atoms with Gasteiger partial charge in [-0.25, -0.2) is 0 Å². The van der Waals surface area contributed by atoms with Crippen LogP contribution in [0.2, 0.25) is 0 Å². The lowest BCUT2D eigenvalue weighted by Gasteiger charge is -2.07. The average molecular weight is 290 g/mol. The molecule has 0 radical (unpaired) electrons. The van der Waals surface area contributed by atoms with Crippen LogP contribution in [0.3, 0.4) is 0 Å². The minimum atomic E-state index is -0.687. The third-order valence-electron chi connectivity index (χ3n) is 3.09. The minimum Gasteiger partial charge on any atom is -0.453 e. The van der Waals surface area contributed by atoms with E-state index in [0.29, 0.717) is 11.8 Å². The molecule has 0 aliphatic carbocycles. The fourth-order valence-corrected chi connectivity index (χ4v) is 2.16. The van der Waals surface area contributed by atoms with E-state index in [4.69, 9.17) is 4.42 Å². The van der Waals surface area contributed by atoms with Crippen LogP contribution in [0, 0.1) is 34.1 Å². The van der Waals surface area contributed by atoms with Gasteiger partial charge in [0.05, 0.1) is 15.4 Å². The quantitative estimate of drug-likeness (QED) is 0.485.